The summed E-state index contributed by atoms with van der Waals surface area (Å²) in [6.07, 6.45) is 4.34. The molecule has 4 nitrogen and oxygen atoms in total. The van der Waals surface area contributed by atoms with Gasteiger partial charge < -0.3 is 9.84 Å². The Hall–Kier alpha value is -0.900. The molecule has 1 fully saturated rings. The average Bonchev–Trinajstić information content (AvgIpc) is 2.53. The molecule has 2 heterocycles. The Morgan fingerprint density at radius 2 is 2.36 bits per heavy atom. The molecule has 1 aliphatic heterocycles. The molecule has 4 heteroatoms. The van der Waals surface area contributed by atoms with E-state index in [1.165, 1.54) is 12.8 Å². The zero-order valence-electron chi connectivity index (χ0n) is 8.62. The van der Waals surface area contributed by atoms with Crippen LogP contribution < -0.4 is 5.32 Å². The maximum Gasteiger partial charge on any atom is 0.229 e. The van der Waals surface area contributed by atoms with Crippen LogP contribution in [0.25, 0.3) is 0 Å². The molecule has 0 spiro atoms. The van der Waals surface area contributed by atoms with E-state index in [9.17, 15) is 0 Å². The number of aryl methyl sites for hydroxylation is 1. The van der Waals surface area contributed by atoms with Crippen molar-refractivity contribution in [2.75, 3.05) is 13.1 Å². The molecule has 0 radical (unpaired) electrons. The zero-order valence-corrected chi connectivity index (χ0v) is 8.62. The number of hydrogen-bond acceptors (Lipinski definition) is 4. The molecule has 1 N–H and O–H groups in total. The van der Waals surface area contributed by atoms with Crippen molar-refractivity contribution in [1.29, 1.82) is 0 Å². The van der Waals surface area contributed by atoms with Gasteiger partial charge in [0.25, 0.3) is 0 Å². The second-order valence-electron chi connectivity index (χ2n) is 3.78. The predicted molar refractivity (Wildman–Crippen MR) is 53.1 cm³/mol. The zero-order chi connectivity index (χ0) is 9.80. The van der Waals surface area contributed by atoms with Crippen LogP contribution in [0.1, 0.15) is 43.8 Å². The Bertz CT molecular complexity index is 277. The highest BCUT2D eigenvalue weighted by Crippen LogP contribution is 2.24. The van der Waals surface area contributed by atoms with Crippen molar-refractivity contribution in [3.05, 3.63) is 11.7 Å². The van der Waals surface area contributed by atoms with E-state index in [4.69, 9.17) is 4.52 Å². The molecule has 1 aromatic rings. The molecular formula is C10H17N3O. The van der Waals surface area contributed by atoms with Crippen LogP contribution in [0.4, 0.5) is 0 Å². The third kappa shape index (κ3) is 2.12. The Labute approximate surface area is 84.1 Å². The number of hydrogen-bond donors (Lipinski definition) is 1. The van der Waals surface area contributed by atoms with Crippen molar-refractivity contribution in [3.63, 3.8) is 0 Å². The molecular weight excluding hydrogens is 178 g/mol. The SMILES string of the molecule is CCc1noc([C@@H]2CCCNCC2)n1. The number of rotatable bonds is 2. The van der Waals surface area contributed by atoms with Crippen LogP contribution in [0.15, 0.2) is 4.52 Å². The predicted octanol–water partition coefficient (Wildman–Crippen LogP) is 1.49. The van der Waals surface area contributed by atoms with Gasteiger partial charge in [0, 0.05) is 12.3 Å². The van der Waals surface area contributed by atoms with Gasteiger partial charge in [-0.05, 0) is 32.4 Å². The molecule has 1 saturated heterocycles. The van der Waals surface area contributed by atoms with Crippen LogP contribution in [0.2, 0.25) is 0 Å². The van der Waals surface area contributed by atoms with Crippen LogP contribution in [0, 0.1) is 0 Å². The molecule has 1 aliphatic rings. The lowest BCUT2D eigenvalue weighted by Gasteiger charge is -2.06. The van der Waals surface area contributed by atoms with Gasteiger partial charge in [-0.25, -0.2) is 0 Å². The van der Waals surface area contributed by atoms with Crippen molar-refractivity contribution in [2.24, 2.45) is 0 Å². The first-order chi connectivity index (χ1) is 6.90. The molecule has 0 unspecified atom stereocenters. The molecule has 0 amide bonds. The van der Waals surface area contributed by atoms with E-state index in [0.29, 0.717) is 5.92 Å². The highest BCUT2D eigenvalue weighted by atomic mass is 16.5. The van der Waals surface area contributed by atoms with Crippen molar-refractivity contribution in [1.82, 2.24) is 15.5 Å². The van der Waals surface area contributed by atoms with E-state index in [-0.39, 0.29) is 0 Å². The highest BCUT2D eigenvalue weighted by Gasteiger charge is 2.19. The lowest BCUT2D eigenvalue weighted by molar-refractivity contribution is 0.339. The van der Waals surface area contributed by atoms with E-state index in [1.54, 1.807) is 0 Å². The molecule has 0 aliphatic carbocycles. The lowest BCUT2D eigenvalue weighted by atomic mass is 10.0. The summed E-state index contributed by atoms with van der Waals surface area (Å²) in [7, 11) is 0. The normalized spacial score (nSPS) is 23.4. The number of aromatic nitrogens is 2. The van der Waals surface area contributed by atoms with E-state index in [0.717, 1.165) is 37.6 Å². The highest BCUT2D eigenvalue weighted by molar-refractivity contribution is 4.95. The van der Waals surface area contributed by atoms with Gasteiger partial charge in [-0.1, -0.05) is 12.1 Å². The molecule has 1 aromatic heterocycles. The van der Waals surface area contributed by atoms with Crippen LogP contribution in [0.5, 0.6) is 0 Å². The van der Waals surface area contributed by atoms with Gasteiger partial charge in [-0.2, -0.15) is 4.98 Å². The number of nitrogens with one attached hydrogen (secondary N) is 1. The van der Waals surface area contributed by atoms with Crippen LogP contribution in [0.3, 0.4) is 0 Å². The maximum absolute atomic E-state index is 5.26. The Balaban J connectivity index is 2.04. The average molecular weight is 195 g/mol. The second kappa shape index (κ2) is 4.55. The van der Waals surface area contributed by atoms with Gasteiger partial charge in [0.1, 0.15) is 0 Å². The standard InChI is InChI=1S/C10H17N3O/c1-2-9-12-10(14-13-9)8-4-3-6-11-7-5-8/h8,11H,2-7H2,1H3/t8-/m1/s1. The first-order valence-electron chi connectivity index (χ1n) is 5.43. The largest absolute Gasteiger partial charge is 0.339 e. The monoisotopic (exact) mass is 195 g/mol. The summed E-state index contributed by atoms with van der Waals surface area (Å²) in [5, 5.41) is 7.31. The summed E-state index contributed by atoms with van der Waals surface area (Å²) in [5.74, 6) is 2.14. The van der Waals surface area contributed by atoms with E-state index in [1.807, 2.05) is 6.92 Å². The van der Waals surface area contributed by atoms with E-state index >= 15 is 0 Å². The first-order valence-corrected chi connectivity index (χ1v) is 5.43. The van der Waals surface area contributed by atoms with Crippen LogP contribution in [-0.2, 0) is 6.42 Å². The van der Waals surface area contributed by atoms with Gasteiger partial charge >= 0.3 is 0 Å². The molecule has 0 saturated carbocycles. The maximum atomic E-state index is 5.26. The third-order valence-electron chi connectivity index (χ3n) is 2.72. The van der Waals surface area contributed by atoms with Crippen molar-refractivity contribution in [3.8, 4) is 0 Å². The van der Waals surface area contributed by atoms with E-state index < -0.39 is 0 Å². The molecule has 78 valence electrons. The van der Waals surface area contributed by atoms with Crippen LogP contribution in [-0.4, -0.2) is 23.2 Å². The van der Waals surface area contributed by atoms with Gasteiger partial charge in [0.15, 0.2) is 5.82 Å². The van der Waals surface area contributed by atoms with Gasteiger partial charge in [0.2, 0.25) is 5.89 Å². The van der Waals surface area contributed by atoms with Crippen LogP contribution >= 0.6 is 0 Å². The second-order valence-corrected chi connectivity index (χ2v) is 3.78. The van der Waals surface area contributed by atoms with E-state index in [2.05, 4.69) is 15.5 Å². The summed E-state index contributed by atoms with van der Waals surface area (Å²) in [5.41, 5.74) is 0. The quantitative estimate of drug-likeness (QED) is 0.776. The van der Waals surface area contributed by atoms with Gasteiger partial charge in [-0.15, -0.1) is 0 Å². The minimum Gasteiger partial charge on any atom is -0.339 e. The summed E-state index contributed by atoms with van der Waals surface area (Å²) in [4.78, 5) is 4.39. The summed E-state index contributed by atoms with van der Waals surface area (Å²) >= 11 is 0. The summed E-state index contributed by atoms with van der Waals surface area (Å²) in [6, 6.07) is 0. The molecule has 2 rings (SSSR count). The Kier molecular flexibility index (Phi) is 3.14. The number of nitrogens with zero attached hydrogens (tertiary/aromatic N) is 2. The smallest absolute Gasteiger partial charge is 0.229 e. The van der Waals surface area contributed by atoms with Gasteiger partial charge in [0.05, 0.1) is 0 Å². The van der Waals surface area contributed by atoms with Gasteiger partial charge in [-0.3, -0.25) is 0 Å². The Morgan fingerprint density at radius 1 is 1.43 bits per heavy atom. The van der Waals surface area contributed by atoms with Crippen molar-refractivity contribution < 1.29 is 4.52 Å². The minimum atomic E-state index is 0.470. The fraction of sp³-hybridized carbons (Fsp3) is 0.800. The first kappa shape index (κ1) is 9.65. The minimum absolute atomic E-state index is 0.470. The molecule has 0 aromatic carbocycles. The molecule has 0 bridgehead atoms. The van der Waals surface area contributed by atoms with Crippen molar-refractivity contribution in [2.45, 2.75) is 38.5 Å². The topological polar surface area (TPSA) is 51.0 Å². The Morgan fingerprint density at radius 3 is 3.14 bits per heavy atom. The van der Waals surface area contributed by atoms with Crippen molar-refractivity contribution >= 4 is 0 Å². The fourth-order valence-corrected chi connectivity index (χ4v) is 1.84. The summed E-state index contributed by atoms with van der Waals surface area (Å²) in [6.45, 7) is 4.23. The third-order valence-corrected chi connectivity index (χ3v) is 2.72. The lowest BCUT2D eigenvalue weighted by Crippen LogP contribution is -2.13. The molecule has 1 atom stereocenters. The fourth-order valence-electron chi connectivity index (χ4n) is 1.84. The molecule has 14 heavy (non-hydrogen) atoms. The summed E-state index contributed by atoms with van der Waals surface area (Å²) < 4.78 is 5.26.